The molecule has 24 heavy (non-hydrogen) atoms. The molecule has 0 aliphatic heterocycles. The highest BCUT2D eigenvalue weighted by atomic mass is 35.5. The van der Waals surface area contributed by atoms with Crippen LogP contribution in [0.3, 0.4) is 0 Å². The van der Waals surface area contributed by atoms with Crippen LogP contribution in [0.25, 0.3) is 10.9 Å². The number of nitrogens with one attached hydrogen (secondary N) is 1. The molecule has 1 N–H and O–H groups in total. The summed E-state index contributed by atoms with van der Waals surface area (Å²) >= 11 is 5.89. The Balaban J connectivity index is 1.57. The van der Waals surface area contributed by atoms with Crippen LogP contribution in [-0.4, -0.2) is 16.5 Å². The van der Waals surface area contributed by atoms with E-state index in [9.17, 15) is 4.79 Å². The minimum Gasteiger partial charge on any atom is -0.349 e. The zero-order chi connectivity index (χ0) is 16.7. The average Bonchev–Trinajstić information content (AvgIpc) is 2.88. The monoisotopic (exact) mass is 338 g/mol. The van der Waals surface area contributed by atoms with Gasteiger partial charge in [-0.1, -0.05) is 29.8 Å². The molecule has 0 fully saturated rings. The molecule has 122 valence electrons. The number of nitrogens with zero attached hydrogens (tertiary/aromatic N) is 1. The molecular formula is C20H19ClN2O. The Morgan fingerprint density at radius 2 is 1.92 bits per heavy atom. The number of amides is 1. The Morgan fingerprint density at radius 1 is 1.17 bits per heavy atom. The van der Waals surface area contributed by atoms with Crippen molar-refractivity contribution in [2.75, 3.05) is 0 Å². The molecule has 1 atom stereocenters. The molecular weight excluding hydrogens is 320 g/mol. The molecule has 3 aromatic rings. The topological polar surface area (TPSA) is 34.0 Å². The molecule has 0 spiro atoms. The first-order valence-electron chi connectivity index (χ1n) is 8.25. The molecule has 0 radical (unpaired) electrons. The van der Waals surface area contributed by atoms with Gasteiger partial charge in [0, 0.05) is 40.3 Å². The van der Waals surface area contributed by atoms with Gasteiger partial charge in [0.2, 0.25) is 0 Å². The van der Waals surface area contributed by atoms with Crippen LogP contribution in [0, 0.1) is 0 Å². The van der Waals surface area contributed by atoms with Gasteiger partial charge in [-0.3, -0.25) is 4.79 Å². The predicted molar refractivity (Wildman–Crippen MR) is 97.7 cm³/mol. The number of para-hydroxylation sites is 1. The predicted octanol–water partition coefficient (Wildman–Crippen LogP) is 4.12. The van der Waals surface area contributed by atoms with Gasteiger partial charge in [-0.15, -0.1) is 0 Å². The molecule has 1 unspecified atom stereocenters. The highest BCUT2D eigenvalue weighted by molar-refractivity contribution is 6.30. The van der Waals surface area contributed by atoms with Gasteiger partial charge in [-0.25, -0.2) is 0 Å². The van der Waals surface area contributed by atoms with Gasteiger partial charge in [0.25, 0.3) is 5.91 Å². The number of carbonyl (C=O) groups excluding carboxylic acids is 1. The van der Waals surface area contributed by atoms with Crippen molar-refractivity contribution in [2.45, 2.75) is 25.3 Å². The third-order valence-corrected chi connectivity index (χ3v) is 5.22. The van der Waals surface area contributed by atoms with Crippen molar-refractivity contribution >= 4 is 28.4 Å². The van der Waals surface area contributed by atoms with E-state index in [0.717, 1.165) is 19.3 Å². The quantitative estimate of drug-likeness (QED) is 0.749. The third kappa shape index (κ3) is 2.59. The Morgan fingerprint density at radius 3 is 2.71 bits per heavy atom. The van der Waals surface area contributed by atoms with Crippen molar-refractivity contribution < 1.29 is 4.79 Å². The summed E-state index contributed by atoms with van der Waals surface area (Å²) in [5, 5.41) is 5.13. The zero-order valence-corrected chi connectivity index (χ0v) is 14.3. The van der Waals surface area contributed by atoms with E-state index in [1.807, 2.05) is 0 Å². The highest BCUT2D eigenvalue weighted by Gasteiger charge is 2.25. The van der Waals surface area contributed by atoms with Gasteiger partial charge < -0.3 is 9.88 Å². The van der Waals surface area contributed by atoms with Crippen molar-refractivity contribution in [2.24, 2.45) is 7.05 Å². The van der Waals surface area contributed by atoms with E-state index in [1.165, 1.54) is 22.2 Å². The number of hydrogen-bond acceptors (Lipinski definition) is 1. The number of rotatable bonds is 2. The van der Waals surface area contributed by atoms with E-state index in [-0.39, 0.29) is 11.9 Å². The molecule has 1 amide bonds. The first-order valence-corrected chi connectivity index (χ1v) is 8.63. The summed E-state index contributed by atoms with van der Waals surface area (Å²) in [6.07, 6.45) is 2.85. The lowest BCUT2D eigenvalue weighted by Crippen LogP contribution is -2.38. The molecule has 0 bridgehead atoms. The Labute approximate surface area is 146 Å². The fraction of sp³-hybridized carbons (Fsp3) is 0.250. The number of halogens is 1. The molecule has 1 heterocycles. The Kier molecular flexibility index (Phi) is 3.81. The maximum Gasteiger partial charge on any atom is 0.251 e. The van der Waals surface area contributed by atoms with Crippen LogP contribution in [0.5, 0.6) is 0 Å². The van der Waals surface area contributed by atoms with E-state index < -0.39 is 0 Å². The van der Waals surface area contributed by atoms with Crippen molar-refractivity contribution in [3.05, 3.63) is 70.4 Å². The van der Waals surface area contributed by atoms with Gasteiger partial charge >= 0.3 is 0 Å². The molecule has 2 aromatic carbocycles. The minimum atomic E-state index is -0.0275. The molecule has 0 saturated heterocycles. The third-order valence-electron chi connectivity index (χ3n) is 4.97. The van der Waals surface area contributed by atoms with Crippen LogP contribution in [-0.2, 0) is 19.9 Å². The lowest BCUT2D eigenvalue weighted by atomic mass is 9.91. The van der Waals surface area contributed by atoms with E-state index in [4.69, 9.17) is 11.6 Å². The summed E-state index contributed by atoms with van der Waals surface area (Å²) in [7, 11) is 2.13. The fourth-order valence-corrected chi connectivity index (χ4v) is 3.85. The Hall–Kier alpha value is -2.26. The van der Waals surface area contributed by atoms with E-state index >= 15 is 0 Å². The van der Waals surface area contributed by atoms with Crippen LogP contribution >= 0.6 is 11.6 Å². The van der Waals surface area contributed by atoms with Gasteiger partial charge in [0.1, 0.15) is 0 Å². The van der Waals surface area contributed by atoms with Crippen molar-refractivity contribution in [3.8, 4) is 0 Å². The first kappa shape index (κ1) is 15.3. The highest BCUT2D eigenvalue weighted by Crippen LogP contribution is 2.31. The number of hydrogen-bond donors (Lipinski definition) is 1. The molecule has 3 nitrogen and oxygen atoms in total. The summed E-state index contributed by atoms with van der Waals surface area (Å²) in [6.45, 7) is 0. The number of carbonyl (C=O) groups is 1. The molecule has 4 rings (SSSR count). The average molecular weight is 339 g/mol. The lowest BCUT2D eigenvalue weighted by Gasteiger charge is -2.24. The van der Waals surface area contributed by atoms with Crippen LogP contribution in [0.4, 0.5) is 0 Å². The number of fused-ring (bicyclic) bond motifs is 3. The maximum absolute atomic E-state index is 12.4. The Bertz CT molecular complexity index is 911. The van der Waals surface area contributed by atoms with Gasteiger partial charge in [-0.2, -0.15) is 0 Å². The SMILES string of the molecule is Cn1c2c(c3ccccc31)CC(NC(=O)c1ccc(Cl)cc1)CC2. The van der Waals surface area contributed by atoms with Gasteiger partial charge in [0.15, 0.2) is 0 Å². The normalized spacial score (nSPS) is 16.8. The first-order chi connectivity index (χ1) is 11.6. The second-order valence-corrected chi connectivity index (χ2v) is 6.86. The molecule has 1 aliphatic carbocycles. The van der Waals surface area contributed by atoms with E-state index in [0.29, 0.717) is 10.6 Å². The fourth-order valence-electron chi connectivity index (χ4n) is 3.72. The van der Waals surface area contributed by atoms with Crippen molar-refractivity contribution in [1.82, 2.24) is 9.88 Å². The maximum atomic E-state index is 12.4. The summed E-state index contributed by atoms with van der Waals surface area (Å²) in [4.78, 5) is 12.4. The van der Waals surface area contributed by atoms with E-state index in [1.54, 1.807) is 24.3 Å². The number of aromatic nitrogens is 1. The van der Waals surface area contributed by atoms with Crippen LogP contribution in [0.2, 0.25) is 5.02 Å². The van der Waals surface area contributed by atoms with E-state index in [2.05, 4.69) is 41.2 Å². The summed E-state index contributed by atoms with van der Waals surface area (Å²) in [6, 6.07) is 15.7. The largest absolute Gasteiger partial charge is 0.349 e. The van der Waals surface area contributed by atoms with Crippen molar-refractivity contribution in [1.29, 1.82) is 0 Å². The molecule has 4 heteroatoms. The van der Waals surface area contributed by atoms with Gasteiger partial charge in [-0.05, 0) is 55.2 Å². The molecule has 0 saturated carbocycles. The number of benzene rings is 2. The van der Waals surface area contributed by atoms with Gasteiger partial charge in [0.05, 0.1) is 0 Å². The minimum absolute atomic E-state index is 0.0275. The summed E-state index contributed by atoms with van der Waals surface area (Å²) < 4.78 is 2.29. The number of aryl methyl sites for hydroxylation is 1. The van der Waals surface area contributed by atoms with Crippen LogP contribution < -0.4 is 5.32 Å². The smallest absolute Gasteiger partial charge is 0.251 e. The second-order valence-electron chi connectivity index (χ2n) is 6.42. The zero-order valence-electron chi connectivity index (χ0n) is 13.6. The molecule has 1 aromatic heterocycles. The summed E-state index contributed by atoms with van der Waals surface area (Å²) in [5.74, 6) is -0.0275. The second kappa shape index (κ2) is 5.99. The van der Waals surface area contributed by atoms with Crippen molar-refractivity contribution in [3.63, 3.8) is 0 Å². The molecule has 1 aliphatic rings. The summed E-state index contributed by atoms with van der Waals surface area (Å²) in [5.41, 5.74) is 4.70. The standard InChI is InChI=1S/C20H19ClN2O/c1-23-18-5-3-2-4-16(18)17-12-15(10-11-19(17)23)22-20(24)13-6-8-14(21)9-7-13/h2-9,15H,10-12H2,1H3,(H,22,24). The van der Waals surface area contributed by atoms with Crippen LogP contribution in [0.15, 0.2) is 48.5 Å². The van der Waals surface area contributed by atoms with Crippen LogP contribution in [0.1, 0.15) is 28.0 Å². The lowest BCUT2D eigenvalue weighted by molar-refractivity contribution is 0.0933.